The fourth-order valence-corrected chi connectivity index (χ4v) is 6.02. The molecule has 180 valence electrons. The number of benzene rings is 2. The summed E-state index contributed by atoms with van der Waals surface area (Å²) in [7, 11) is -2.78. The molecule has 11 heteroatoms. The number of carbonyl (C=O) groups is 1. The van der Waals surface area contributed by atoms with Gasteiger partial charge in [-0.2, -0.15) is 4.31 Å². The zero-order valence-electron chi connectivity index (χ0n) is 18.9. The third-order valence-corrected chi connectivity index (χ3v) is 9.33. The van der Waals surface area contributed by atoms with Gasteiger partial charge in [0, 0.05) is 33.7 Å². The lowest BCUT2D eigenvalue weighted by atomic mass is 9.99. The summed E-state index contributed by atoms with van der Waals surface area (Å²) in [6.45, 7) is 0.697. The molecule has 1 heterocycles. The Hall–Kier alpha value is -2.47. The SMILES string of the molecule is COc1ccc(S(=O)(=O)N2CCCC(C(=O)NCc3ccc(S(=O)(=O)N(C)C)cc3)C2)cc1. The second-order valence-corrected chi connectivity index (χ2v) is 12.1. The Morgan fingerprint density at radius 1 is 1.03 bits per heavy atom. The Kier molecular flexibility index (Phi) is 7.78. The summed E-state index contributed by atoms with van der Waals surface area (Å²) in [5, 5.41) is 2.84. The molecular formula is C22H29N3O6S2. The molecular weight excluding hydrogens is 466 g/mol. The summed E-state index contributed by atoms with van der Waals surface area (Å²) in [4.78, 5) is 13.1. The van der Waals surface area contributed by atoms with Crippen molar-refractivity contribution in [3.05, 3.63) is 54.1 Å². The van der Waals surface area contributed by atoms with E-state index < -0.39 is 26.0 Å². The summed E-state index contributed by atoms with van der Waals surface area (Å²) in [5.74, 6) is -0.119. The lowest BCUT2D eigenvalue weighted by Crippen LogP contribution is -2.45. The normalized spacial score (nSPS) is 17.6. The van der Waals surface area contributed by atoms with Crippen LogP contribution in [0.5, 0.6) is 5.75 Å². The third kappa shape index (κ3) is 5.72. The standard InChI is InChI=1S/C22H29N3O6S2/c1-24(2)32(27,28)20-10-6-17(7-11-20)15-23-22(26)18-5-4-14-25(16-18)33(29,30)21-12-8-19(31-3)9-13-21/h6-13,18H,4-5,14-16H2,1-3H3,(H,23,26). The van der Waals surface area contributed by atoms with Crippen LogP contribution in [0.25, 0.3) is 0 Å². The molecule has 0 saturated carbocycles. The number of amides is 1. The summed E-state index contributed by atoms with van der Waals surface area (Å²) in [5.41, 5.74) is 0.750. The number of carbonyl (C=O) groups excluding carboxylic acids is 1. The van der Waals surface area contributed by atoms with Crippen LogP contribution >= 0.6 is 0 Å². The maximum atomic E-state index is 13.0. The molecule has 1 atom stereocenters. The second kappa shape index (κ2) is 10.2. The van der Waals surface area contributed by atoms with Gasteiger partial charge in [-0.15, -0.1) is 0 Å². The first kappa shape index (κ1) is 25.2. The molecule has 9 nitrogen and oxygen atoms in total. The number of ether oxygens (including phenoxy) is 1. The van der Waals surface area contributed by atoms with E-state index in [9.17, 15) is 21.6 Å². The summed E-state index contributed by atoms with van der Waals surface area (Å²) in [6, 6.07) is 12.5. The Balaban J connectivity index is 1.61. The molecule has 1 saturated heterocycles. The van der Waals surface area contributed by atoms with Gasteiger partial charge in [0.1, 0.15) is 5.75 Å². The molecule has 0 aromatic heterocycles. The van der Waals surface area contributed by atoms with E-state index in [1.807, 2.05) is 0 Å². The molecule has 1 amide bonds. The van der Waals surface area contributed by atoms with Gasteiger partial charge in [0.05, 0.1) is 22.8 Å². The monoisotopic (exact) mass is 495 g/mol. The number of piperidine rings is 1. The first-order valence-corrected chi connectivity index (χ1v) is 13.4. The van der Waals surface area contributed by atoms with Gasteiger partial charge >= 0.3 is 0 Å². The van der Waals surface area contributed by atoms with Gasteiger partial charge in [0.2, 0.25) is 26.0 Å². The van der Waals surface area contributed by atoms with Crippen LogP contribution in [0.15, 0.2) is 58.3 Å². The van der Waals surface area contributed by atoms with Crippen molar-refractivity contribution in [1.29, 1.82) is 0 Å². The first-order valence-electron chi connectivity index (χ1n) is 10.5. The lowest BCUT2D eigenvalue weighted by Gasteiger charge is -2.31. The minimum absolute atomic E-state index is 0.111. The number of nitrogens with one attached hydrogen (secondary N) is 1. The van der Waals surface area contributed by atoms with Crippen molar-refractivity contribution in [2.45, 2.75) is 29.2 Å². The van der Waals surface area contributed by atoms with Gasteiger partial charge in [-0.05, 0) is 54.8 Å². The van der Waals surface area contributed by atoms with Crippen LogP contribution < -0.4 is 10.1 Å². The summed E-state index contributed by atoms with van der Waals surface area (Å²) < 4.78 is 57.9. The molecule has 1 aliphatic heterocycles. The average Bonchev–Trinajstić information content (AvgIpc) is 2.82. The topological polar surface area (TPSA) is 113 Å². The Bertz CT molecular complexity index is 1180. The number of nitrogens with zero attached hydrogens (tertiary/aromatic N) is 2. The summed E-state index contributed by atoms with van der Waals surface area (Å²) >= 11 is 0. The van der Waals surface area contributed by atoms with E-state index in [1.54, 1.807) is 24.3 Å². The first-order chi connectivity index (χ1) is 15.6. The molecule has 3 rings (SSSR count). The second-order valence-electron chi connectivity index (χ2n) is 8.03. The molecule has 0 bridgehead atoms. The number of rotatable bonds is 8. The quantitative estimate of drug-likeness (QED) is 0.596. The molecule has 1 fully saturated rings. The zero-order valence-corrected chi connectivity index (χ0v) is 20.5. The van der Waals surface area contributed by atoms with Crippen LogP contribution in [0.1, 0.15) is 18.4 Å². The van der Waals surface area contributed by atoms with Crippen LogP contribution in [0.4, 0.5) is 0 Å². The van der Waals surface area contributed by atoms with E-state index in [-0.39, 0.29) is 28.8 Å². The molecule has 1 N–H and O–H groups in total. The highest BCUT2D eigenvalue weighted by Crippen LogP contribution is 2.25. The molecule has 2 aromatic carbocycles. The van der Waals surface area contributed by atoms with Crippen LogP contribution in [-0.4, -0.2) is 65.6 Å². The van der Waals surface area contributed by atoms with Crippen LogP contribution in [0, 0.1) is 5.92 Å². The molecule has 1 aliphatic rings. The van der Waals surface area contributed by atoms with E-state index in [0.717, 1.165) is 9.87 Å². The van der Waals surface area contributed by atoms with Crippen LogP contribution in [0.3, 0.4) is 0 Å². The van der Waals surface area contributed by atoms with Crippen molar-refractivity contribution in [2.24, 2.45) is 5.92 Å². The van der Waals surface area contributed by atoms with E-state index >= 15 is 0 Å². The fraction of sp³-hybridized carbons (Fsp3) is 0.409. The highest BCUT2D eigenvalue weighted by Gasteiger charge is 2.33. The van der Waals surface area contributed by atoms with Crippen LogP contribution in [0.2, 0.25) is 0 Å². The Labute approximate surface area is 195 Å². The number of methoxy groups -OCH3 is 1. The minimum atomic E-state index is -3.71. The van der Waals surface area contributed by atoms with E-state index in [0.29, 0.717) is 25.1 Å². The van der Waals surface area contributed by atoms with Gasteiger partial charge in [-0.25, -0.2) is 21.1 Å². The van der Waals surface area contributed by atoms with Crippen molar-refractivity contribution < 1.29 is 26.4 Å². The van der Waals surface area contributed by atoms with Crippen molar-refractivity contribution in [3.63, 3.8) is 0 Å². The largest absolute Gasteiger partial charge is 0.497 e. The maximum absolute atomic E-state index is 13.0. The van der Waals surface area contributed by atoms with E-state index in [2.05, 4.69) is 5.32 Å². The van der Waals surface area contributed by atoms with Crippen molar-refractivity contribution in [1.82, 2.24) is 13.9 Å². The van der Waals surface area contributed by atoms with E-state index in [4.69, 9.17) is 4.74 Å². The third-order valence-electron chi connectivity index (χ3n) is 5.62. The van der Waals surface area contributed by atoms with Gasteiger partial charge in [-0.1, -0.05) is 12.1 Å². The highest BCUT2D eigenvalue weighted by molar-refractivity contribution is 7.89. The molecule has 33 heavy (non-hydrogen) atoms. The van der Waals surface area contributed by atoms with E-state index in [1.165, 1.54) is 49.8 Å². The van der Waals surface area contributed by atoms with Crippen molar-refractivity contribution in [2.75, 3.05) is 34.3 Å². The Morgan fingerprint density at radius 3 is 2.21 bits per heavy atom. The molecule has 1 unspecified atom stereocenters. The maximum Gasteiger partial charge on any atom is 0.243 e. The summed E-state index contributed by atoms with van der Waals surface area (Å²) in [6.07, 6.45) is 1.19. The van der Waals surface area contributed by atoms with Gasteiger partial charge in [-0.3, -0.25) is 4.79 Å². The average molecular weight is 496 g/mol. The minimum Gasteiger partial charge on any atom is -0.497 e. The fourth-order valence-electron chi connectivity index (χ4n) is 3.60. The predicted octanol–water partition coefficient (Wildman–Crippen LogP) is 1.66. The molecule has 0 radical (unpaired) electrons. The predicted molar refractivity (Wildman–Crippen MR) is 124 cm³/mol. The molecule has 0 spiro atoms. The highest BCUT2D eigenvalue weighted by atomic mass is 32.2. The van der Waals surface area contributed by atoms with Crippen molar-refractivity contribution >= 4 is 26.0 Å². The van der Waals surface area contributed by atoms with Gasteiger partial charge in [0.25, 0.3) is 0 Å². The number of hydrogen-bond acceptors (Lipinski definition) is 6. The Morgan fingerprint density at radius 2 is 1.64 bits per heavy atom. The smallest absolute Gasteiger partial charge is 0.243 e. The number of sulfonamides is 2. The lowest BCUT2D eigenvalue weighted by molar-refractivity contribution is -0.126. The van der Waals surface area contributed by atoms with Gasteiger partial charge < -0.3 is 10.1 Å². The number of hydrogen-bond donors (Lipinski definition) is 1. The van der Waals surface area contributed by atoms with Crippen molar-refractivity contribution in [3.8, 4) is 5.75 Å². The zero-order chi connectivity index (χ0) is 24.2. The van der Waals surface area contributed by atoms with Crippen LogP contribution in [-0.2, 0) is 31.4 Å². The molecule has 2 aromatic rings. The molecule has 0 aliphatic carbocycles. The van der Waals surface area contributed by atoms with Gasteiger partial charge in [0.15, 0.2) is 0 Å².